The molecule has 0 aliphatic rings. The number of carbonyl (C=O) groups is 2. The van der Waals surface area contributed by atoms with Gasteiger partial charge in [0.2, 0.25) is 0 Å². The second-order valence-electron chi connectivity index (χ2n) is 17.0. The van der Waals surface area contributed by atoms with Crippen LogP contribution >= 0.6 is 0 Å². The van der Waals surface area contributed by atoms with Crippen LogP contribution in [0.5, 0.6) is 0 Å². The van der Waals surface area contributed by atoms with Crippen LogP contribution in [0.2, 0.25) is 0 Å². The first kappa shape index (κ1) is 63.5. The molecule has 0 aromatic carbocycles. The Bertz CT molecular complexity index is 1520. The van der Waals surface area contributed by atoms with Crippen molar-refractivity contribution in [3.8, 4) is 0 Å². The molecule has 0 aliphatic carbocycles. The highest BCUT2D eigenvalue weighted by Crippen LogP contribution is 2.11. The summed E-state index contributed by atoms with van der Waals surface area (Å²) in [4.78, 5) is 25.4. The van der Waals surface area contributed by atoms with Crippen LogP contribution in [0.15, 0.2) is 158 Å². The Hall–Kier alpha value is -4.48. The molecule has 68 heavy (non-hydrogen) atoms. The van der Waals surface area contributed by atoms with E-state index in [-0.39, 0.29) is 31.6 Å². The van der Waals surface area contributed by atoms with E-state index >= 15 is 0 Å². The lowest BCUT2D eigenvalue weighted by atomic mass is 10.1. The molecule has 0 aromatic rings. The SMILES string of the molecule is CC/C=C\C/C=C\C/C=C\C/C=C\C/C=C\CCCC(=O)OCC(COCCCCCCCCC/C=C\C/C=C\C/C=C\CCCCC)OC(=O)C/C=C\C/C=C\C/C=C\C/C=C\C/C=C\CC. The first-order valence-corrected chi connectivity index (χ1v) is 27.0. The molecule has 0 aromatic heterocycles. The summed E-state index contributed by atoms with van der Waals surface area (Å²) in [5, 5.41) is 0. The summed E-state index contributed by atoms with van der Waals surface area (Å²) in [6, 6.07) is 0. The third-order valence-corrected chi connectivity index (χ3v) is 10.6. The van der Waals surface area contributed by atoms with E-state index in [2.05, 4.69) is 167 Å². The van der Waals surface area contributed by atoms with Crippen molar-refractivity contribution < 1.29 is 23.8 Å². The molecule has 5 heteroatoms. The number of esters is 2. The molecule has 0 amide bonds. The van der Waals surface area contributed by atoms with Crippen LogP contribution < -0.4 is 0 Å². The van der Waals surface area contributed by atoms with Crippen LogP contribution in [-0.4, -0.2) is 37.9 Å². The zero-order chi connectivity index (χ0) is 49.2. The standard InChI is InChI=1S/C63H98O5/c1-4-7-10-13-16-19-22-25-28-30-31-32-34-37-40-43-46-49-52-55-58-66-59-61(68-63(65)57-54-51-48-45-42-39-35-27-24-21-18-15-12-9-6-3)60-67-62(64)56-53-50-47-44-41-38-36-33-29-26-23-20-17-14-11-8-5-2/h8-9,11-12,16-21,25-29,31-32,35-36,38,42,44-45,47,51,54,61H,4-7,10,13-15,22-24,30,33-34,37,39-41,43,46,48-50,52-53,55-60H2,1-3H3/b11-8-,12-9-,19-16-,20-17-,21-18-,28-25-,29-26-,32-31-,35-27-,38-36-,45-42-,47-44-,54-51-. The van der Waals surface area contributed by atoms with Crippen molar-refractivity contribution in [2.24, 2.45) is 0 Å². The molecular formula is C63H98O5. The smallest absolute Gasteiger partial charge is 0.310 e. The summed E-state index contributed by atoms with van der Waals surface area (Å²) in [6.07, 6.45) is 84.3. The van der Waals surface area contributed by atoms with Gasteiger partial charge < -0.3 is 14.2 Å². The lowest BCUT2D eigenvalue weighted by molar-refractivity contribution is -0.162. The second-order valence-corrected chi connectivity index (χ2v) is 17.0. The van der Waals surface area contributed by atoms with Gasteiger partial charge in [0.25, 0.3) is 0 Å². The fourth-order valence-corrected chi connectivity index (χ4v) is 6.63. The van der Waals surface area contributed by atoms with Gasteiger partial charge in [0, 0.05) is 13.0 Å². The Morgan fingerprint density at radius 3 is 1.13 bits per heavy atom. The molecule has 0 heterocycles. The minimum absolute atomic E-state index is 0.000646. The number of allylic oxidation sites excluding steroid dienone is 25. The van der Waals surface area contributed by atoms with Gasteiger partial charge in [-0.1, -0.05) is 224 Å². The number of carbonyl (C=O) groups excluding carboxylic acids is 2. The van der Waals surface area contributed by atoms with E-state index in [4.69, 9.17) is 14.2 Å². The Morgan fingerprint density at radius 1 is 0.353 bits per heavy atom. The van der Waals surface area contributed by atoms with Crippen LogP contribution in [0.1, 0.15) is 201 Å². The van der Waals surface area contributed by atoms with E-state index in [0.717, 1.165) is 103 Å². The molecule has 0 N–H and O–H groups in total. The van der Waals surface area contributed by atoms with E-state index in [0.29, 0.717) is 19.4 Å². The first-order chi connectivity index (χ1) is 33.6. The number of ether oxygens (including phenoxy) is 3. The molecule has 0 fully saturated rings. The minimum atomic E-state index is -0.632. The molecule has 0 rings (SSSR count). The number of unbranched alkanes of at least 4 members (excludes halogenated alkanes) is 11. The summed E-state index contributed by atoms with van der Waals surface area (Å²) >= 11 is 0. The van der Waals surface area contributed by atoms with E-state index in [9.17, 15) is 9.59 Å². The van der Waals surface area contributed by atoms with Gasteiger partial charge in [0.1, 0.15) is 6.61 Å². The highest BCUT2D eigenvalue weighted by atomic mass is 16.6. The highest BCUT2D eigenvalue weighted by Gasteiger charge is 2.17. The Labute approximate surface area is 418 Å². The molecule has 0 saturated carbocycles. The van der Waals surface area contributed by atoms with Gasteiger partial charge >= 0.3 is 11.9 Å². The molecule has 0 bridgehead atoms. The maximum atomic E-state index is 12.8. The van der Waals surface area contributed by atoms with Gasteiger partial charge in [-0.25, -0.2) is 0 Å². The molecule has 1 unspecified atom stereocenters. The number of hydrogen-bond donors (Lipinski definition) is 0. The number of rotatable bonds is 47. The molecule has 5 nitrogen and oxygen atoms in total. The molecular weight excluding hydrogens is 837 g/mol. The average Bonchev–Trinajstić information content (AvgIpc) is 3.34. The molecule has 0 radical (unpaired) electrons. The third kappa shape index (κ3) is 54.1. The first-order valence-electron chi connectivity index (χ1n) is 27.0. The topological polar surface area (TPSA) is 61.8 Å². The van der Waals surface area contributed by atoms with Crippen molar-refractivity contribution in [2.45, 2.75) is 207 Å². The average molecular weight is 935 g/mol. The van der Waals surface area contributed by atoms with Crippen LogP contribution in [0, 0.1) is 0 Å². The molecule has 0 saturated heterocycles. The molecule has 380 valence electrons. The quantitative estimate of drug-likeness (QED) is 0.0346. The second kappa shape index (κ2) is 56.8. The van der Waals surface area contributed by atoms with E-state index in [1.807, 2.05) is 12.2 Å². The Balaban J connectivity index is 4.52. The fraction of sp³-hybridized carbons (Fsp3) is 0.556. The maximum absolute atomic E-state index is 12.8. The Kier molecular flexibility index (Phi) is 53.1. The van der Waals surface area contributed by atoms with E-state index in [1.54, 1.807) is 0 Å². The van der Waals surface area contributed by atoms with E-state index < -0.39 is 6.10 Å². The highest BCUT2D eigenvalue weighted by molar-refractivity contribution is 5.71. The van der Waals surface area contributed by atoms with Gasteiger partial charge in [-0.05, 0) is 122 Å². The van der Waals surface area contributed by atoms with Gasteiger partial charge in [-0.15, -0.1) is 0 Å². The summed E-state index contributed by atoms with van der Waals surface area (Å²) < 4.78 is 17.3. The van der Waals surface area contributed by atoms with Crippen molar-refractivity contribution in [1.82, 2.24) is 0 Å². The maximum Gasteiger partial charge on any atom is 0.310 e. The van der Waals surface area contributed by atoms with Crippen molar-refractivity contribution in [3.05, 3.63) is 158 Å². The van der Waals surface area contributed by atoms with Crippen LogP contribution in [-0.2, 0) is 23.8 Å². The predicted octanol–water partition coefficient (Wildman–Crippen LogP) is 18.7. The minimum Gasteiger partial charge on any atom is -0.462 e. The fourth-order valence-electron chi connectivity index (χ4n) is 6.63. The Morgan fingerprint density at radius 2 is 0.706 bits per heavy atom. The molecule has 1 atom stereocenters. The summed E-state index contributed by atoms with van der Waals surface area (Å²) in [6.45, 7) is 7.36. The van der Waals surface area contributed by atoms with Crippen molar-refractivity contribution in [1.29, 1.82) is 0 Å². The third-order valence-electron chi connectivity index (χ3n) is 10.6. The lowest BCUT2D eigenvalue weighted by Gasteiger charge is -2.18. The molecule has 0 spiro atoms. The zero-order valence-electron chi connectivity index (χ0n) is 43.6. The van der Waals surface area contributed by atoms with Gasteiger partial charge in [0.05, 0.1) is 13.0 Å². The van der Waals surface area contributed by atoms with E-state index in [1.165, 1.54) is 57.8 Å². The largest absolute Gasteiger partial charge is 0.462 e. The van der Waals surface area contributed by atoms with Gasteiger partial charge in [-0.3, -0.25) is 9.59 Å². The summed E-state index contributed by atoms with van der Waals surface area (Å²) in [7, 11) is 0. The summed E-state index contributed by atoms with van der Waals surface area (Å²) in [5.41, 5.74) is 0. The normalized spacial score (nSPS) is 13.5. The number of hydrogen-bond acceptors (Lipinski definition) is 5. The van der Waals surface area contributed by atoms with Crippen LogP contribution in [0.3, 0.4) is 0 Å². The van der Waals surface area contributed by atoms with Crippen molar-refractivity contribution >= 4 is 11.9 Å². The van der Waals surface area contributed by atoms with Crippen LogP contribution in [0.4, 0.5) is 0 Å². The van der Waals surface area contributed by atoms with Gasteiger partial charge in [0.15, 0.2) is 6.10 Å². The zero-order valence-corrected chi connectivity index (χ0v) is 43.6. The monoisotopic (exact) mass is 935 g/mol. The summed E-state index contributed by atoms with van der Waals surface area (Å²) in [5.74, 6) is -0.630. The lowest BCUT2D eigenvalue weighted by Crippen LogP contribution is -2.29. The molecule has 0 aliphatic heterocycles. The van der Waals surface area contributed by atoms with Crippen molar-refractivity contribution in [3.63, 3.8) is 0 Å². The van der Waals surface area contributed by atoms with Crippen molar-refractivity contribution in [2.75, 3.05) is 19.8 Å². The predicted molar refractivity (Wildman–Crippen MR) is 297 cm³/mol. The van der Waals surface area contributed by atoms with Gasteiger partial charge in [-0.2, -0.15) is 0 Å². The van der Waals surface area contributed by atoms with Crippen LogP contribution in [0.25, 0.3) is 0 Å².